The van der Waals surface area contributed by atoms with E-state index in [0.717, 1.165) is 19.3 Å². The Morgan fingerprint density at radius 1 is 0.947 bits per heavy atom. The van der Waals surface area contributed by atoms with Gasteiger partial charge in [-0.05, 0) is 6.42 Å². The molecule has 0 aromatic carbocycles. The van der Waals surface area contributed by atoms with Crippen molar-refractivity contribution in [1.29, 1.82) is 0 Å². The van der Waals surface area contributed by atoms with Crippen molar-refractivity contribution in [3.05, 3.63) is 12.7 Å². The Morgan fingerprint density at radius 2 is 1.55 bits per heavy atom. The van der Waals surface area contributed by atoms with E-state index in [4.69, 9.17) is 19.7 Å². The molecule has 1 fully saturated rings. The standard InChI is InChI=1S/C26H44N5O6P/c1-2-3-4-5-6-7-8-9-10-11-12-13-14-15-16-35-23-22(37-38(33)34)20(17-32)36-26(23)31-19-30-21-24(27)28-18-29-25(21)31/h18-20,22-23,26,32H,2-17H2,1H3,(H2-,27,28,29,33,34)/p+1/t20-,22?,23+,26-/m1/s1. The number of fused-ring (bicyclic) bond motifs is 1. The summed E-state index contributed by atoms with van der Waals surface area (Å²) < 4.78 is 30.5. The van der Waals surface area contributed by atoms with E-state index in [1.165, 1.54) is 83.3 Å². The van der Waals surface area contributed by atoms with Crippen molar-refractivity contribution in [2.24, 2.45) is 0 Å². The van der Waals surface area contributed by atoms with Crippen LogP contribution >= 0.6 is 8.25 Å². The van der Waals surface area contributed by atoms with Crippen LogP contribution in [0.3, 0.4) is 0 Å². The molecular formula is C26H45N5O6P+. The predicted molar refractivity (Wildman–Crippen MR) is 145 cm³/mol. The molecule has 2 aromatic rings. The SMILES string of the molecule is CCCCCCCCCCCCCCCCO[C@H]1C(O[P+](=O)O)[C@@H](CO)O[C@H]1n1cnc2c(N)ncnc21. The quantitative estimate of drug-likeness (QED) is 0.147. The summed E-state index contributed by atoms with van der Waals surface area (Å²) in [5.74, 6) is 0.233. The predicted octanol–water partition coefficient (Wildman–Crippen LogP) is 5.20. The Labute approximate surface area is 226 Å². The molecule has 12 heteroatoms. The monoisotopic (exact) mass is 554 g/mol. The summed E-state index contributed by atoms with van der Waals surface area (Å²) in [7, 11) is -2.92. The van der Waals surface area contributed by atoms with Gasteiger partial charge < -0.3 is 20.3 Å². The smallest absolute Gasteiger partial charge is 0.394 e. The third kappa shape index (κ3) is 9.17. The van der Waals surface area contributed by atoms with Gasteiger partial charge in [0.2, 0.25) is 0 Å². The summed E-state index contributed by atoms with van der Waals surface area (Å²) >= 11 is 0. The summed E-state index contributed by atoms with van der Waals surface area (Å²) in [6.45, 7) is 2.30. The second kappa shape index (κ2) is 17.0. The van der Waals surface area contributed by atoms with Crippen LogP contribution < -0.4 is 5.73 Å². The molecule has 0 aliphatic carbocycles. The average molecular weight is 555 g/mol. The van der Waals surface area contributed by atoms with E-state index in [1.807, 2.05) is 0 Å². The summed E-state index contributed by atoms with van der Waals surface area (Å²) in [5.41, 5.74) is 6.77. The molecule has 3 heterocycles. The van der Waals surface area contributed by atoms with Gasteiger partial charge in [-0.2, -0.15) is 0 Å². The number of anilines is 1. The van der Waals surface area contributed by atoms with Crippen LogP contribution in [0.2, 0.25) is 0 Å². The molecule has 38 heavy (non-hydrogen) atoms. The number of imidazole rings is 1. The van der Waals surface area contributed by atoms with Crippen LogP contribution in [0.1, 0.15) is 103 Å². The molecule has 2 unspecified atom stereocenters. The van der Waals surface area contributed by atoms with Gasteiger partial charge in [-0.3, -0.25) is 4.57 Å². The maximum Gasteiger partial charge on any atom is 0.695 e. The molecule has 0 bridgehead atoms. The number of unbranched alkanes of at least 4 members (excludes halogenated alkanes) is 13. The zero-order chi connectivity index (χ0) is 27.2. The highest BCUT2D eigenvalue weighted by molar-refractivity contribution is 7.32. The van der Waals surface area contributed by atoms with Crippen molar-refractivity contribution in [2.45, 2.75) is 121 Å². The molecule has 11 nitrogen and oxygen atoms in total. The van der Waals surface area contributed by atoms with Gasteiger partial charge in [0.1, 0.15) is 24.1 Å². The first kappa shape index (κ1) is 30.8. The Hall–Kier alpha value is -1.75. The lowest BCUT2D eigenvalue weighted by Crippen LogP contribution is -2.37. The van der Waals surface area contributed by atoms with E-state index in [9.17, 15) is 14.6 Å². The fourth-order valence-corrected chi connectivity index (χ4v) is 5.52. The number of hydrogen-bond donors (Lipinski definition) is 3. The molecule has 0 spiro atoms. The summed E-state index contributed by atoms with van der Waals surface area (Å²) in [6, 6.07) is 0. The number of nitrogens with two attached hydrogens (primary N) is 1. The minimum atomic E-state index is -2.92. The molecule has 2 aromatic heterocycles. The van der Waals surface area contributed by atoms with Crippen LogP contribution in [-0.4, -0.2) is 61.0 Å². The van der Waals surface area contributed by atoms with Gasteiger partial charge >= 0.3 is 8.25 Å². The van der Waals surface area contributed by atoms with Gasteiger partial charge in [0, 0.05) is 11.2 Å². The van der Waals surface area contributed by atoms with Gasteiger partial charge in [0.25, 0.3) is 0 Å². The second-order valence-electron chi connectivity index (χ2n) is 10.1. The van der Waals surface area contributed by atoms with E-state index in [1.54, 1.807) is 4.57 Å². The van der Waals surface area contributed by atoms with Gasteiger partial charge in [-0.1, -0.05) is 90.4 Å². The van der Waals surface area contributed by atoms with Crippen molar-refractivity contribution >= 4 is 25.2 Å². The van der Waals surface area contributed by atoms with Gasteiger partial charge in [0.15, 0.2) is 23.8 Å². The Balaban J connectivity index is 1.41. The van der Waals surface area contributed by atoms with Gasteiger partial charge in [0.05, 0.1) is 12.9 Å². The number of nitrogen functional groups attached to an aromatic ring is 1. The van der Waals surface area contributed by atoms with Crippen LogP contribution in [0.5, 0.6) is 0 Å². The summed E-state index contributed by atoms with van der Waals surface area (Å²) in [6.07, 6.45) is 17.3. The maximum absolute atomic E-state index is 11.5. The first-order valence-corrected chi connectivity index (χ1v) is 15.3. The van der Waals surface area contributed by atoms with Gasteiger partial charge in [-0.25, -0.2) is 15.0 Å². The molecule has 0 radical (unpaired) electrons. The Bertz CT molecular complexity index is 963. The highest BCUT2D eigenvalue weighted by Gasteiger charge is 2.51. The first-order chi connectivity index (χ1) is 18.6. The van der Waals surface area contributed by atoms with E-state index < -0.39 is 39.4 Å². The average Bonchev–Trinajstić information content (AvgIpc) is 3.48. The fraction of sp³-hybridized carbons (Fsp3) is 0.808. The number of hydrogen-bond acceptors (Lipinski definition) is 9. The van der Waals surface area contributed by atoms with Crippen LogP contribution in [0.4, 0.5) is 5.82 Å². The highest BCUT2D eigenvalue weighted by atomic mass is 31.1. The molecular weight excluding hydrogens is 509 g/mol. The van der Waals surface area contributed by atoms with Crippen LogP contribution in [-0.2, 0) is 18.6 Å². The number of aliphatic hydroxyl groups excluding tert-OH is 1. The summed E-state index contributed by atoms with van der Waals surface area (Å²) in [4.78, 5) is 21.9. The van der Waals surface area contributed by atoms with Crippen molar-refractivity contribution in [3.8, 4) is 0 Å². The number of aromatic nitrogens is 4. The normalized spacial score (nSPS) is 21.9. The number of ether oxygens (including phenoxy) is 2. The molecule has 1 aliphatic rings. The van der Waals surface area contributed by atoms with E-state index in [-0.39, 0.29) is 5.82 Å². The minimum absolute atomic E-state index is 0.233. The summed E-state index contributed by atoms with van der Waals surface area (Å²) in [5, 5.41) is 9.84. The molecule has 1 aliphatic heterocycles. The number of aliphatic hydroxyl groups is 1. The lowest BCUT2D eigenvalue weighted by Gasteiger charge is -2.22. The van der Waals surface area contributed by atoms with E-state index in [0.29, 0.717) is 17.8 Å². The Kier molecular flexibility index (Phi) is 13.8. The zero-order valence-corrected chi connectivity index (χ0v) is 23.5. The number of rotatable bonds is 20. The molecule has 3 rings (SSSR count). The first-order valence-electron chi connectivity index (χ1n) is 14.2. The Morgan fingerprint density at radius 3 is 2.13 bits per heavy atom. The second-order valence-corrected chi connectivity index (χ2v) is 10.8. The zero-order valence-electron chi connectivity index (χ0n) is 22.6. The lowest BCUT2D eigenvalue weighted by molar-refractivity contribution is -0.0705. The van der Waals surface area contributed by atoms with Gasteiger partial charge in [-0.15, -0.1) is 9.42 Å². The van der Waals surface area contributed by atoms with Crippen molar-refractivity contribution in [2.75, 3.05) is 18.9 Å². The van der Waals surface area contributed by atoms with Crippen LogP contribution in [0.25, 0.3) is 11.2 Å². The largest absolute Gasteiger partial charge is 0.695 e. The van der Waals surface area contributed by atoms with Crippen LogP contribution in [0, 0.1) is 0 Å². The lowest BCUT2D eigenvalue weighted by atomic mass is 10.0. The third-order valence-electron chi connectivity index (χ3n) is 7.15. The molecule has 4 N–H and O–H groups in total. The van der Waals surface area contributed by atoms with Crippen LogP contribution in [0.15, 0.2) is 12.7 Å². The van der Waals surface area contributed by atoms with E-state index >= 15 is 0 Å². The molecule has 0 saturated carbocycles. The van der Waals surface area contributed by atoms with Crippen molar-refractivity contribution in [3.63, 3.8) is 0 Å². The maximum atomic E-state index is 11.5. The van der Waals surface area contributed by atoms with Crippen molar-refractivity contribution < 1.29 is 28.6 Å². The topological polar surface area (TPSA) is 155 Å². The van der Waals surface area contributed by atoms with E-state index in [2.05, 4.69) is 21.9 Å². The molecule has 5 atom stereocenters. The highest BCUT2D eigenvalue weighted by Crippen LogP contribution is 2.39. The minimum Gasteiger partial charge on any atom is -0.394 e. The molecule has 0 amide bonds. The molecule has 214 valence electrons. The van der Waals surface area contributed by atoms with Crippen molar-refractivity contribution in [1.82, 2.24) is 19.5 Å². The number of nitrogens with zero attached hydrogens (tertiary/aromatic N) is 4. The fourth-order valence-electron chi connectivity index (χ4n) is 5.06. The molecule has 1 saturated heterocycles. The third-order valence-corrected chi connectivity index (χ3v) is 7.57.